The van der Waals surface area contributed by atoms with Crippen molar-refractivity contribution >= 4 is 26.7 Å². The molecule has 0 fully saturated rings. The van der Waals surface area contributed by atoms with Crippen LogP contribution >= 0.6 is 0 Å². The summed E-state index contributed by atoms with van der Waals surface area (Å²) < 4.78 is 35.8. The molecule has 0 aliphatic rings. The Labute approximate surface area is 227 Å². The quantitative estimate of drug-likeness (QED) is 0.227. The van der Waals surface area contributed by atoms with Crippen LogP contribution in [0, 0.1) is 0 Å². The van der Waals surface area contributed by atoms with Crippen molar-refractivity contribution in [2.75, 3.05) is 25.5 Å². The summed E-state index contributed by atoms with van der Waals surface area (Å²) >= 11 is 0. The molecule has 2 aromatic heterocycles. The maximum Gasteiger partial charge on any atom is 0.241 e. The number of anilines is 1. The number of ether oxygens (including phenoxy) is 1. The van der Waals surface area contributed by atoms with E-state index in [1.165, 1.54) is 0 Å². The van der Waals surface area contributed by atoms with E-state index in [2.05, 4.69) is 15.0 Å². The van der Waals surface area contributed by atoms with E-state index < -0.39 is 10.0 Å². The van der Waals surface area contributed by atoms with Crippen molar-refractivity contribution in [1.82, 2.24) is 24.5 Å². The minimum atomic E-state index is -3.64. The van der Waals surface area contributed by atoms with Crippen LogP contribution in [-0.4, -0.2) is 48.4 Å². The van der Waals surface area contributed by atoms with E-state index in [9.17, 15) is 8.42 Å². The molecule has 10 heteroatoms. The minimum absolute atomic E-state index is 0.279. The van der Waals surface area contributed by atoms with Crippen molar-refractivity contribution in [3.63, 3.8) is 0 Å². The van der Waals surface area contributed by atoms with E-state index in [0.29, 0.717) is 24.3 Å². The Hall–Kier alpha value is -4.28. The molecule has 0 aliphatic carbocycles. The molecule has 0 bridgehead atoms. The Balaban J connectivity index is 1.25. The molecule has 2 heterocycles. The molecule has 200 valence electrons. The number of methoxy groups -OCH3 is 1. The van der Waals surface area contributed by atoms with Crippen molar-refractivity contribution in [3.8, 4) is 28.3 Å². The fourth-order valence-corrected chi connectivity index (χ4v) is 5.65. The van der Waals surface area contributed by atoms with Crippen LogP contribution < -0.4 is 14.8 Å². The van der Waals surface area contributed by atoms with Gasteiger partial charge in [0.05, 0.1) is 17.7 Å². The summed E-state index contributed by atoms with van der Waals surface area (Å²) in [4.78, 5) is 9.33. The molecular formula is C29H30N6O3S. The van der Waals surface area contributed by atoms with Gasteiger partial charge in [0.1, 0.15) is 11.4 Å². The number of fused-ring (bicyclic) bond motifs is 1. The zero-order chi connectivity index (χ0) is 27.2. The van der Waals surface area contributed by atoms with E-state index in [-0.39, 0.29) is 11.4 Å². The first-order valence-corrected chi connectivity index (χ1v) is 14.2. The van der Waals surface area contributed by atoms with Gasteiger partial charge in [-0.1, -0.05) is 48.5 Å². The number of sulfonamides is 1. The smallest absolute Gasteiger partial charge is 0.241 e. The lowest BCUT2D eigenvalue weighted by Crippen LogP contribution is -2.26. The van der Waals surface area contributed by atoms with Crippen LogP contribution in [0.15, 0.2) is 90.1 Å². The Bertz CT molecular complexity index is 1700. The molecule has 0 aliphatic heterocycles. The van der Waals surface area contributed by atoms with Gasteiger partial charge < -0.3 is 10.1 Å². The standard InChI is InChI=1S/C29H30N6O3S/c1-3-35-20-25(28(34-35)22-11-6-12-23(19-22)38-2)26-15-18-31-29(33-26)30-16-8-17-32-39(36,37)27-14-7-10-21-9-4-5-13-24(21)27/h4-7,9-15,18-20,32H,3,8,16-17H2,1-2H3,(H,30,31,33). The van der Waals surface area contributed by atoms with Crippen molar-refractivity contribution in [1.29, 1.82) is 0 Å². The third-order valence-electron chi connectivity index (χ3n) is 6.33. The van der Waals surface area contributed by atoms with Crippen LogP contribution in [-0.2, 0) is 16.6 Å². The molecular weight excluding hydrogens is 512 g/mol. The van der Waals surface area contributed by atoms with Gasteiger partial charge >= 0.3 is 0 Å². The molecule has 39 heavy (non-hydrogen) atoms. The van der Waals surface area contributed by atoms with Gasteiger partial charge in [-0.2, -0.15) is 5.10 Å². The number of hydrogen-bond donors (Lipinski definition) is 2. The summed E-state index contributed by atoms with van der Waals surface area (Å²) in [5.74, 6) is 1.22. The molecule has 0 spiro atoms. The largest absolute Gasteiger partial charge is 0.497 e. The summed E-state index contributed by atoms with van der Waals surface area (Å²) in [6.45, 7) is 3.54. The lowest BCUT2D eigenvalue weighted by atomic mass is 10.1. The summed E-state index contributed by atoms with van der Waals surface area (Å²) in [7, 11) is -2.00. The summed E-state index contributed by atoms with van der Waals surface area (Å²) in [5.41, 5.74) is 3.37. The number of benzene rings is 3. The van der Waals surface area contributed by atoms with Crippen LogP contribution in [0.4, 0.5) is 5.95 Å². The Morgan fingerprint density at radius 2 is 1.79 bits per heavy atom. The SMILES string of the molecule is CCn1cc(-c2ccnc(NCCCNS(=O)(=O)c3cccc4ccccc34)n2)c(-c2cccc(OC)c2)n1. The van der Waals surface area contributed by atoms with E-state index >= 15 is 0 Å². The molecule has 0 radical (unpaired) electrons. The molecule has 3 aromatic carbocycles. The minimum Gasteiger partial charge on any atom is -0.497 e. The second kappa shape index (κ2) is 11.6. The molecule has 5 rings (SSSR count). The maximum atomic E-state index is 12.9. The third-order valence-corrected chi connectivity index (χ3v) is 7.85. The zero-order valence-electron chi connectivity index (χ0n) is 21.8. The molecule has 0 unspecified atom stereocenters. The van der Waals surface area contributed by atoms with Gasteiger partial charge in [0, 0.05) is 48.5 Å². The summed E-state index contributed by atoms with van der Waals surface area (Å²) in [6, 6.07) is 22.4. The first-order chi connectivity index (χ1) is 19.0. The van der Waals surface area contributed by atoms with Crippen LogP contribution in [0.3, 0.4) is 0 Å². The average molecular weight is 543 g/mol. The Morgan fingerprint density at radius 3 is 2.64 bits per heavy atom. The first-order valence-electron chi connectivity index (χ1n) is 12.7. The van der Waals surface area contributed by atoms with Gasteiger partial charge in [-0.3, -0.25) is 4.68 Å². The normalized spacial score (nSPS) is 11.5. The number of rotatable bonds is 11. The number of nitrogens with zero attached hydrogens (tertiary/aromatic N) is 4. The van der Waals surface area contributed by atoms with Gasteiger partial charge in [0.2, 0.25) is 16.0 Å². The molecule has 0 amide bonds. The number of hydrogen-bond acceptors (Lipinski definition) is 7. The number of aryl methyl sites for hydroxylation is 1. The third kappa shape index (κ3) is 5.92. The molecule has 0 atom stereocenters. The highest BCUT2D eigenvalue weighted by molar-refractivity contribution is 7.89. The van der Waals surface area contributed by atoms with E-state index in [1.54, 1.807) is 25.4 Å². The molecule has 0 saturated heterocycles. The zero-order valence-corrected chi connectivity index (χ0v) is 22.6. The predicted molar refractivity (Wildman–Crippen MR) is 153 cm³/mol. The van der Waals surface area contributed by atoms with Gasteiger partial charge in [-0.05, 0) is 43.0 Å². The molecule has 2 N–H and O–H groups in total. The van der Waals surface area contributed by atoms with Crippen molar-refractivity contribution in [2.24, 2.45) is 0 Å². The van der Waals surface area contributed by atoms with Crippen LogP contribution in [0.2, 0.25) is 0 Å². The lowest BCUT2D eigenvalue weighted by molar-refractivity contribution is 0.415. The molecule has 9 nitrogen and oxygen atoms in total. The molecule has 0 saturated carbocycles. The van der Waals surface area contributed by atoms with E-state index in [4.69, 9.17) is 14.8 Å². The van der Waals surface area contributed by atoms with Gasteiger partial charge in [0.25, 0.3) is 0 Å². The average Bonchev–Trinajstić information content (AvgIpc) is 3.42. The van der Waals surface area contributed by atoms with Crippen molar-refractivity contribution in [3.05, 3.63) is 85.2 Å². The van der Waals surface area contributed by atoms with Crippen LogP contribution in [0.25, 0.3) is 33.3 Å². The van der Waals surface area contributed by atoms with Gasteiger partial charge in [-0.15, -0.1) is 0 Å². The fraction of sp³-hybridized carbons (Fsp3) is 0.207. The van der Waals surface area contributed by atoms with Crippen LogP contribution in [0.5, 0.6) is 5.75 Å². The monoisotopic (exact) mass is 542 g/mol. The summed E-state index contributed by atoms with van der Waals surface area (Å²) in [5, 5.41) is 9.54. The van der Waals surface area contributed by atoms with Crippen molar-refractivity contribution in [2.45, 2.75) is 24.8 Å². The number of aromatic nitrogens is 4. The number of nitrogens with one attached hydrogen (secondary N) is 2. The van der Waals surface area contributed by atoms with Crippen molar-refractivity contribution < 1.29 is 13.2 Å². The highest BCUT2D eigenvalue weighted by Gasteiger charge is 2.17. The highest BCUT2D eigenvalue weighted by Crippen LogP contribution is 2.32. The van der Waals surface area contributed by atoms with Crippen LogP contribution in [0.1, 0.15) is 13.3 Å². The van der Waals surface area contributed by atoms with Gasteiger partial charge in [-0.25, -0.2) is 23.1 Å². The topological polar surface area (TPSA) is 111 Å². The maximum absolute atomic E-state index is 12.9. The summed E-state index contributed by atoms with van der Waals surface area (Å²) in [6.07, 6.45) is 4.23. The predicted octanol–water partition coefficient (Wildman–Crippen LogP) is 4.97. The second-order valence-electron chi connectivity index (χ2n) is 8.90. The van der Waals surface area contributed by atoms with E-state index in [1.807, 2.05) is 78.5 Å². The highest BCUT2D eigenvalue weighted by atomic mass is 32.2. The van der Waals surface area contributed by atoms with E-state index in [0.717, 1.165) is 40.2 Å². The first kappa shape index (κ1) is 26.3. The van der Waals surface area contributed by atoms with Gasteiger partial charge in [0.15, 0.2) is 0 Å². The second-order valence-corrected chi connectivity index (χ2v) is 10.6. The molecule has 5 aromatic rings. The Morgan fingerprint density at radius 1 is 0.974 bits per heavy atom. The fourth-order valence-electron chi connectivity index (χ4n) is 4.35. The Kier molecular flexibility index (Phi) is 7.85. The lowest BCUT2D eigenvalue weighted by Gasteiger charge is -2.10.